The van der Waals surface area contributed by atoms with Gasteiger partial charge in [-0.05, 0) is 25.3 Å². The molecule has 2 fully saturated rings. The van der Waals surface area contributed by atoms with Crippen LogP contribution in [0.15, 0.2) is 12.3 Å². The fourth-order valence-electron chi connectivity index (χ4n) is 2.69. The van der Waals surface area contributed by atoms with Crippen molar-refractivity contribution in [2.24, 2.45) is 0 Å². The summed E-state index contributed by atoms with van der Waals surface area (Å²) >= 11 is 6.05. The van der Waals surface area contributed by atoms with Crippen molar-refractivity contribution in [1.82, 2.24) is 15.2 Å². The molecule has 1 unspecified atom stereocenters. The molecule has 1 aliphatic heterocycles. The Kier molecular flexibility index (Phi) is 3.81. The van der Waals surface area contributed by atoms with Crippen molar-refractivity contribution >= 4 is 23.3 Å². The molecule has 1 saturated heterocycles. The zero-order valence-electron chi connectivity index (χ0n) is 11.5. The third-order valence-electron chi connectivity index (χ3n) is 3.96. The fraction of sp³-hybridized carbons (Fsp3) is 0.571. The highest BCUT2D eigenvalue weighted by atomic mass is 35.5. The molecule has 20 heavy (non-hydrogen) atoms. The molecule has 0 spiro atoms. The number of anilines is 1. The van der Waals surface area contributed by atoms with Crippen LogP contribution in [0.4, 0.5) is 5.82 Å². The van der Waals surface area contributed by atoms with Gasteiger partial charge >= 0.3 is 0 Å². The van der Waals surface area contributed by atoms with Gasteiger partial charge in [0.05, 0.1) is 10.6 Å². The van der Waals surface area contributed by atoms with E-state index in [4.69, 9.17) is 11.6 Å². The molecule has 1 aromatic heterocycles. The molecule has 1 atom stereocenters. The van der Waals surface area contributed by atoms with Gasteiger partial charge in [-0.2, -0.15) is 0 Å². The first-order valence-corrected chi connectivity index (χ1v) is 7.43. The van der Waals surface area contributed by atoms with Crippen LogP contribution in [0.2, 0.25) is 5.02 Å². The highest BCUT2D eigenvalue weighted by Crippen LogP contribution is 2.29. The maximum atomic E-state index is 12.2. The number of hydrogen-bond donors (Lipinski definition) is 2. The Bertz CT molecular complexity index is 518. The second-order valence-corrected chi connectivity index (χ2v) is 5.90. The topological polar surface area (TPSA) is 57.3 Å². The van der Waals surface area contributed by atoms with E-state index in [0.717, 1.165) is 25.6 Å². The summed E-state index contributed by atoms with van der Waals surface area (Å²) < 4.78 is 0. The Morgan fingerprint density at radius 1 is 1.45 bits per heavy atom. The number of aromatic nitrogens is 1. The molecule has 2 heterocycles. The number of nitrogens with one attached hydrogen (secondary N) is 2. The predicted octanol–water partition coefficient (Wildman–Crippen LogP) is 1.74. The first-order chi connectivity index (χ1) is 9.67. The van der Waals surface area contributed by atoms with Crippen LogP contribution in [0.5, 0.6) is 0 Å². The van der Waals surface area contributed by atoms with Gasteiger partial charge in [0.25, 0.3) is 5.91 Å². The lowest BCUT2D eigenvalue weighted by molar-refractivity contribution is 0.0937. The normalized spacial score (nSPS) is 22.8. The van der Waals surface area contributed by atoms with Crippen molar-refractivity contribution in [3.8, 4) is 0 Å². The van der Waals surface area contributed by atoms with E-state index >= 15 is 0 Å². The number of carbonyl (C=O) groups excluding carboxylic acids is 1. The maximum absolute atomic E-state index is 12.2. The third-order valence-corrected chi connectivity index (χ3v) is 4.25. The van der Waals surface area contributed by atoms with Crippen molar-refractivity contribution in [2.75, 3.05) is 25.5 Å². The van der Waals surface area contributed by atoms with Crippen LogP contribution in [0.3, 0.4) is 0 Å². The van der Waals surface area contributed by atoms with Crippen LogP contribution >= 0.6 is 11.6 Å². The van der Waals surface area contributed by atoms with Crippen LogP contribution in [-0.4, -0.2) is 48.0 Å². The molecule has 0 aromatic carbocycles. The number of amides is 1. The molecule has 0 bridgehead atoms. The number of pyridine rings is 1. The van der Waals surface area contributed by atoms with Gasteiger partial charge in [0.1, 0.15) is 5.82 Å². The summed E-state index contributed by atoms with van der Waals surface area (Å²) in [4.78, 5) is 18.8. The number of likely N-dealkylation sites (tertiary alicyclic amines) is 1. The minimum atomic E-state index is -0.0929. The summed E-state index contributed by atoms with van der Waals surface area (Å²) in [5.41, 5.74) is 0.513. The van der Waals surface area contributed by atoms with Crippen molar-refractivity contribution in [2.45, 2.75) is 31.3 Å². The number of carbonyl (C=O) groups is 1. The minimum absolute atomic E-state index is 0.0929. The number of hydrogen-bond acceptors (Lipinski definition) is 4. The van der Waals surface area contributed by atoms with E-state index in [1.165, 1.54) is 12.8 Å². The molecule has 3 rings (SSSR count). The average molecular weight is 295 g/mol. The highest BCUT2D eigenvalue weighted by Gasteiger charge is 2.34. The Labute approximate surface area is 123 Å². The van der Waals surface area contributed by atoms with Crippen molar-refractivity contribution in [3.63, 3.8) is 0 Å². The van der Waals surface area contributed by atoms with E-state index < -0.39 is 0 Å². The fourth-order valence-corrected chi connectivity index (χ4v) is 2.95. The Morgan fingerprint density at radius 3 is 2.90 bits per heavy atom. The van der Waals surface area contributed by atoms with Gasteiger partial charge in [0.2, 0.25) is 0 Å². The van der Waals surface area contributed by atoms with Crippen molar-refractivity contribution in [3.05, 3.63) is 22.8 Å². The summed E-state index contributed by atoms with van der Waals surface area (Å²) in [6.45, 7) is 2.06. The molecule has 0 radical (unpaired) electrons. The number of halogens is 1. The molecular formula is C14H19ClN4O. The summed E-state index contributed by atoms with van der Waals surface area (Å²) in [7, 11) is 1.75. The van der Waals surface area contributed by atoms with E-state index in [-0.39, 0.29) is 11.9 Å². The van der Waals surface area contributed by atoms with Gasteiger partial charge < -0.3 is 10.6 Å². The lowest BCUT2D eigenvalue weighted by Crippen LogP contribution is -2.37. The number of nitrogens with zero attached hydrogens (tertiary/aromatic N) is 2. The van der Waals surface area contributed by atoms with Gasteiger partial charge in [0.15, 0.2) is 0 Å². The highest BCUT2D eigenvalue weighted by molar-refractivity contribution is 6.33. The predicted molar refractivity (Wildman–Crippen MR) is 79.3 cm³/mol. The van der Waals surface area contributed by atoms with E-state index in [0.29, 0.717) is 16.4 Å². The van der Waals surface area contributed by atoms with Crippen LogP contribution in [0.1, 0.15) is 29.6 Å². The zero-order valence-corrected chi connectivity index (χ0v) is 12.3. The Morgan fingerprint density at radius 2 is 2.25 bits per heavy atom. The van der Waals surface area contributed by atoms with Crippen molar-refractivity contribution < 1.29 is 4.79 Å². The molecule has 1 saturated carbocycles. The molecule has 1 aromatic rings. The summed E-state index contributed by atoms with van der Waals surface area (Å²) in [5, 5.41) is 6.42. The first-order valence-electron chi connectivity index (χ1n) is 7.05. The van der Waals surface area contributed by atoms with Crippen molar-refractivity contribution in [1.29, 1.82) is 0 Å². The average Bonchev–Trinajstić information content (AvgIpc) is 3.19. The van der Waals surface area contributed by atoms with Gasteiger partial charge in [0, 0.05) is 38.4 Å². The smallest absolute Gasteiger partial charge is 0.253 e. The van der Waals surface area contributed by atoms with E-state index in [2.05, 4.69) is 20.5 Å². The second-order valence-electron chi connectivity index (χ2n) is 5.49. The van der Waals surface area contributed by atoms with E-state index in [9.17, 15) is 4.79 Å². The Hall–Kier alpha value is -1.33. The van der Waals surface area contributed by atoms with E-state index in [1.807, 2.05) is 0 Å². The zero-order chi connectivity index (χ0) is 14.1. The first kappa shape index (κ1) is 13.6. The van der Waals surface area contributed by atoms with E-state index in [1.54, 1.807) is 19.3 Å². The standard InChI is InChI=1S/C14H19ClN4O/c1-16-13-12(15)6-9(7-17-13)14(20)18-10-4-5-19(8-10)11-2-3-11/h6-7,10-11H,2-5,8H2,1H3,(H,16,17)(H,18,20). The van der Waals surface area contributed by atoms with Gasteiger partial charge in [-0.1, -0.05) is 11.6 Å². The van der Waals surface area contributed by atoms with Gasteiger partial charge in [-0.25, -0.2) is 4.98 Å². The number of rotatable bonds is 4. The Balaban J connectivity index is 1.60. The lowest BCUT2D eigenvalue weighted by Gasteiger charge is -2.16. The molecule has 1 amide bonds. The maximum Gasteiger partial charge on any atom is 0.253 e. The summed E-state index contributed by atoms with van der Waals surface area (Å²) in [6, 6.07) is 2.66. The molecule has 1 aliphatic carbocycles. The lowest BCUT2D eigenvalue weighted by atomic mass is 10.2. The molecule has 6 heteroatoms. The molecule has 2 N–H and O–H groups in total. The SMILES string of the molecule is CNc1ncc(C(=O)NC2CCN(C3CC3)C2)cc1Cl. The molecule has 108 valence electrons. The van der Waals surface area contributed by atoms with Gasteiger partial charge in [-0.3, -0.25) is 9.69 Å². The minimum Gasteiger partial charge on any atom is -0.372 e. The molecule has 2 aliphatic rings. The second kappa shape index (κ2) is 5.58. The summed E-state index contributed by atoms with van der Waals surface area (Å²) in [6.07, 6.45) is 5.20. The molecular weight excluding hydrogens is 276 g/mol. The largest absolute Gasteiger partial charge is 0.372 e. The van der Waals surface area contributed by atoms with Crippen LogP contribution < -0.4 is 10.6 Å². The monoisotopic (exact) mass is 294 g/mol. The molecule has 5 nitrogen and oxygen atoms in total. The summed E-state index contributed by atoms with van der Waals surface area (Å²) in [5.74, 6) is 0.494. The van der Waals surface area contributed by atoms with Crippen LogP contribution in [0, 0.1) is 0 Å². The third kappa shape index (κ3) is 2.88. The quantitative estimate of drug-likeness (QED) is 0.888. The van der Waals surface area contributed by atoms with Crippen LogP contribution in [-0.2, 0) is 0 Å². The van der Waals surface area contributed by atoms with Gasteiger partial charge in [-0.15, -0.1) is 0 Å². The van der Waals surface area contributed by atoms with Crippen LogP contribution in [0.25, 0.3) is 0 Å².